The monoisotopic (exact) mass is 423 g/mol. The number of imidazole rings is 1. The van der Waals surface area contributed by atoms with E-state index in [1.54, 1.807) is 24.6 Å². The van der Waals surface area contributed by atoms with Gasteiger partial charge in [-0.1, -0.05) is 12.1 Å². The van der Waals surface area contributed by atoms with Gasteiger partial charge in [0.25, 0.3) is 0 Å². The lowest BCUT2D eigenvalue weighted by Crippen LogP contribution is -2.31. The highest BCUT2D eigenvalue weighted by molar-refractivity contribution is 7.08. The van der Waals surface area contributed by atoms with Crippen molar-refractivity contribution in [2.24, 2.45) is 7.05 Å². The zero-order valence-electron chi connectivity index (χ0n) is 16.6. The van der Waals surface area contributed by atoms with Crippen molar-refractivity contribution in [3.05, 3.63) is 70.8 Å². The summed E-state index contributed by atoms with van der Waals surface area (Å²) in [4.78, 5) is 17.1. The van der Waals surface area contributed by atoms with Gasteiger partial charge in [-0.2, -0.15) is 11.3 Å². The highest BCUT2D eigenvalue weighted by Crippen LogP contribution is 2.24. The van der Waals surface area contributed by atoms with E-state index in [0.29, 0.717) is 18.2 Å². The van der Waals surface area contributed by atoms with Gasteiger partial charge in [0.2, 0.25) is 17.7 Å². The van der Waals surface area contributed by atoms with Crippen molar-refractivity contribution < 1.29 is 13.9 Å². The topological polar surface area (TPSA) is 95.1 Å². The van der Waals surface area contributed by atoms with E-state index in [0.717, 1.165) is 22.7 Å². The number of rotatable bonds is 8. The number of amides is 1. The zero-order chi connectivity index (χ0) is 20.9. The van der Waals surface area contributed by atoms with Gasteiger partial charge in [-0.05, 0) is 29.1 Å². The highest BCUT2D eigenvalue weighted by Gasteiger charge is 2.21. The van der Waals surface area contributed by atoms with Crippen molar-refractivity contribution >= 4 is 17.2 Å². The molecular formula is C21H21N5O3S. The molecule has 1 N–H and O–H groups in total. The van der Waals surface area contributed by atoms with Crippen LogP contribution in [0.2, 0.25) is 0 Å². The Morgan fingerprint density at radius 1 is 1.27 bits per heavy atom. The summed E-state index contributed by atoms with van der Waals surface area (Å²) in [5, 5.41) is 15.0. The number of hydrogen-bond donors (Lipinski definition) is 1. The molecule has 0 aliphatic heterocycles. The minimum Gasteiger partial charge on any atom is -0.497 e. The molecule has 30 heavy (non-hydrogen) atoms. The van der Waals surface area contributed by atoms with Crippen molar-refractivity contribution in [3.8, 4) is 17.2 Å². The van der Waals surface area contributed by atoms with Gasteiger partial charge in [0.15, 0.2) is 0 Å². The molecule has 1 atom stereocenters. The lowest BCUT2D eigenvalue weighted by molar-refractivity contribution is -0.121. The molecule has 8 nitrogen and oxygen atoms in total. The first-order valence-electron chi connectivity index (χ1n) is 9.39. The predicted octanol–water partition coefficient (Wildman–Crippen LogP) is 3.38. The van der Waals surface area contributed by atoms with E-state index in [9.17, 15) is 4.79 Å². The van der Waals surface area contributed by atoms with E-state index in [4.69, 9.17) is 9.15 Å². The van der Waals surface area contributed by atoms with E-state index >= 15 is 0 Å². The van der Waals surface area contributed by atoms with Crippen LogP contribution in [0.15, 0.2) is 57.9 Å². The Labute approximate surface area is 177 Å². The quantitative estimate of drug-likeness (QED) is 0.467. The standard InChI is InChI=1S/C21H21N5O3S/c1-26-11-10-22-20(26)19(14-3-5-16(28-2)6-4-14)23-17(27)7-8-18-24-25-21(29-18)15-9-12-30-13-15/h3-6,9-13,19H,7-8H2,1-2H3,(H,23,27)/t19-/m1/s1. The van der Waals surface area contributed by atoms with Gasteiger partial charge in [0.1, 0.15) is 17.6 Å². The molecule has 0 aliphatic carbocycles. The molecule has 4 rings (SSSR count). The summed E-state index contributed by atoms with van der Waals surface area (Å²) in [5.74, 6) is 2.27. The molecule has 4 aromatic rings. The maximum atomic E-state index is 12.7. The minimum atomic E-state index is -0.382. The molecule has 3 aromatic heterocycles. The molecule has 0 bridgehead atoms. The Morgan fingerprint density at radius 3 is 2.77 bits per heavy atom. The Hall–Kier alpha value is -3.46. The molecule has 9 heteroatoms. The number of nitrogens with one attached hydrogen (secondary N) is 1. The third-order valence-corrected chi connectivity index (χ3v) is 5.36. The number of hydrogen-bond acceptors (Lipinski definition) is 7. The first-order chi connectivity index (χ1) is 14.6. The van der Waals surface area contributed by atoms with Crippen LogP contribution in [0.5, 0.6) is 5.75 Å². The average Bonchev–Trinajstić information content (AvgIpc) is 3.52. The summed E-state index contributed by atoms with van der Waals surface area (Å²) in [5.41, 5.74) is 1.80. The number of ether oxygens (including phenoxy) is 1. The largest absolute Gasteiger partial charge is 0.497 e. The van der Waals surface area contributed by atoms with Crippen LogP contribution in [0.1, 0.15) is 29.7 Å². The van der Waals surface area contributed by atoms with Crippen molar-refractivity contribution in [2.75, 3.05) is 7.11 Å². The molecule has 3 heterocycles. The number of benzene rings is 1. The number of nitrogens with zero attached hydrogens (tertiary/aromatic N) is 4. The van der Waals surface area contributed by atoms with Crippen LogP contribution in [0, 0.1) is 0 Å². The molecule has 0 saturated heterocycles. The predicted molar refractivity (Wildman–Crippen MR) is 112 cm³/mol. The third kappa shape index (κ3) is 4.41. The van der Waals surface area contributed by atoms with E-state index in [2.05, 4.69) is 20.5 Å². The van der Waals surface area contributed by atoms with Crippen LogP contribution in [-0.2, 0) is 18.3 Å². The Morgan fingerprint density at radius 2 is 2.10 bits per heavy atom. The second kappa shape index (κ2) is 8.91. The van der Waals surface area contributed by atoms with Gasteiger partial charge in [0.05, 0.1) is 7.11 Å². The number of thiophene rings is 1. The fourth-order valence-corrected chi connectivity index (χ4v) is 3.69. The summed E-state index contributed by atoms with van der Waals surface area (Å²) in [6.07, 6.45) is 4.14. The van der Waals surface area contributed by atoms with E-state index in [-0.39, 0.29) is 18.4 Å². The highest BCUT2D eigenvalue weighted by atomic mass is 32.1. The van der Waals surface area contributed by atoms with Gasteiger partial charge in [-0.3, -0.25) is 4.79 Å². The van der Waals surface area contributed by atoms with Crippen molar-refractivity contribution in [1.29, 1.82) is 0 Å². The normalized spacial score (nSPS) is 11.9. The van der Waals surface area contributed by atoms with Crippen molar-refractivity contribution in [2.45, 2.75) is 18.9 Å². The van der Waals surface area contributed by atoms with Gasteiger partial charge in [-0.15, -0.1) is 10.2 Å². The molecule has 0 saturated carbocycles. The smallest absolute Gasteiger partial charge is 0.248 e. The van der Waals surface area contributed by atoms with Gasteiger partial charge in [0, 0.05) is 43.2 Å². The van der Waals surface area contributed by atoms with Gasteiger partial charge in [-0.25, -0.2) is 4.98 Å². The van der Waals surface area contributed by atoms with Crippen LogP contribution in [0.3, 0.4) is 0 Å². The fourth-order valence-electron chi connectivity index (χ4n) is 3.06. The molecule has 1 aromatic carbocycles. The van der Waals surface area contributed by atoms with Crippen LogP contribution >= 0.6 is 11.3 Å². The average molecular weight is 423 g/mol. The summed E-state index contributed by atoms with van der Waals surface area (Å²) >= 11 is 1.56. The Bertz CT molecular complexity index is 1100. The molecule has 0 unspecified atom stereocenters. The van der Waals surface area contributed by atoms with Crippen LogP contribution in [0.4, 0.5) is 0 Å². The molecular weight excluding hydrogens is 402 g/mol. The molecule has 1 amide bonds. The van der Waals surface area contributed by atoms with Crippen molar-refractivity contribution in [3.63, 3.8) is 0 Å². The summed E-state index contributed by atoms with van der Waals surface area (Å²) in [6.45, 7) is 0. The zero-order valence-corrected chi connectivity index (χ0v) is 17.4. The number of methoxy groups -OCH3 is 1. The molecule has 0 radical (unpaired) electrons. The first-order valence-corrected chi connectivity index (χ1v) is 10.3. The maximum Gasteiger partial charge on any atom is 0.248 e. The summed E-state index contributed by atoms with van der Waals surface area (Å²) in [6, 6.07) is 9.10. The lowest BCUT2D eigenvalue weighted by atomic mass is 10.1. The first kappa shape index (κ1) is 19.8. The second-order valence-corrected chi connectivity index (χ2v) is 7.46. The number of carbonyl (C=O) groups excluding carboxylic acids is 1. The minimum absolute atomic E-state index is 0.130. The van der Waals surface area contributed by atoms with Crippen molar-refractivity contribution in [1.82, 2.24) is 25.1 Å². The fraction of sp³-hybridized carbons (Fsp3) is 0.238. The molecule has 0 fully saturated rings. The Balaban J connectivity index is 1.44. The van der Waals surface area contributed by atoms with Crippen LogP contribution in [-0.4, -0.2) is 32.8 Å². The molecule has 0 aliphatic rings. The van der Waals surface area contributed by atoms with Gasteiger partial charge < -0.3 is 19.0 Å². The Kier molecular flexibility index (Phi) is 5.89. The van der Waals surface area contributed by atoms with Crippen LogP contribution in [0.25, 0.3) is 11.5 Å². The van der Waals surface area contributed by atoms with E-state index in [1.807, 2.05) is 58.9 Å². The SMILES string of the molecule is COc1ccc([C@@H](NC(=O)CCc2nnc(-c3ccsc3)o2)c2nccn2C)cc1. The lowest BCUT2D eigenvalue weighted by Gasteiger charge is -2.19. The number of aryl methyl sites for hydroxylation is 2. The van der Waals surface area contributed by atoms with E-state index < -0.39 is 0 Å². The summed E-state index contributed by atoms with van der Waals surface area (Å²) in [7, 11) is 3.52. The summed E-state index contributed by atoms with van der Waals surface area (Å²) < 4.78 is 12.8. The van der Waals surface area contributed by atoms with E-state index in [1.165, 1.54) is 0 Å². The second-order valence-electron chi connectivity index (χ2n) is 6.68. The molecule has 0 spiro atoms. The van der Waals surface area contributed by atoms with Gasteiger partial charge >= 0.3 is 0 Å². The maximum absolute atomic E-state index is 12.7. The molecule has 154 valence electrons. The van der Waals surface area contributed by atoms with Crippen LogP contribution < -0.4 is 10.1 Å². The third-order valence-electron chi connectivity index (χ3n) is 4.67. The number of aromatic nitrogens is 4. The number of carbonyl (C=O) groups is 1.